The van der Waals surface area contributed by atoms with Crippen LogP contribution >= 0.6 is 11.6 Å². The number of nitrogens with zero attached hydrogens (tertiary/aromatic N) is 1. The van der Waals surface area contributed by atoms with Gasteiger partial charge in [-0.15, -0.1) is 11.6 Å². The number of carbonyl (C=O) groups is 1. The molecule has 0 radical (unpaired) electrons. The topological polar surface area (TPSA) is 20.3 Å². The second kappa shape index (κ2) is 3.90. The minimum Gasteiger partial charge on any atom is -0.345 e. The highest BCUT2D eigenvalue weighted by Gasteiger charge is 2.48. The first-order valence-corrected chi connectivity index (χ1v) is 6.96. The number of hydrogen-bond acceptors (Lipinski definition) is 1. The zero-order valence-corrected chi connectivity index (χ0v) is 10.6. The van der Waals surface area contributed by atoms with Gasteiger partial charge in [-0.3, -0.25) is 4.79 Å². The molecule has 0 aromatic carbocycles. The van der Waals surface area contributed by atoms with Crippen LogP contribution in [0.4, 0.5) is 0 Å². The molecule has 0 aromatic rings. The highest BCUT2D eigenvalue weighted by atomic mass is 35.5. The quantitative estimate of drug-likeness (QED) is 0.696. The maximum atomic E-state index is 12.2. The van der Waals surface area contributed by atoms with Crippen molar-refractivity contribution < 1.29 is 4.79 Å². The maximum absolute atomic E-state index is 12.2. The van der Waals surface area contributed by atoms with Crippen LogP contribution in [0.5, 0.6) is 0 Å². The Morgan fingerprint density at radius 3 is 2.38 bits per heavy atom. The van der Waals surface area contributed by atoms with Crippen LogP contribution in [0.25, 0.3) is 0 Å². The minimum atomic E-state index is 0.348. The summed E-state index contributed by atoms with van der Waals surface area (Å²) in [4.78, 5) is 14.1. The van der Waals surface area contributed by atoms with E-state index in [1.165, 1.54) is 6.42 Å². The van der Waals surface area contributed by atoms with Crippen LogP contribution in [0.1, 0.15) is 32.1 Å². The maximum Gasteiger partial charge on any atom is 0.225 e. The van der Waals surface area contributed by atoms with Crippen molar-refractivity contribution >= 4 is 17.5 Å². The van der Waals surface area contributed by atoms with E-state index in [-0.39, 0.29) is 0 Å². The van der Waals surface area contributed by atoms with Crippen LogP contribution in [0.2, 0.25) is 0 Å². The second-order valence-electron chi connectivity index (χ2n) is 6.08. The molecule has 0 bridgehead atoms. The lowest BCUT2D eigenvalue weighted by molar-refractivity contribution is -0.135. The molecule has 3 aliphatic rings. The van der Waals surface area contributed by atoms with E-state index in [1.54, 1.807) is 0 Å². The molecule has 3 saturated carbocycles. The highest BCUT2D eigenvalue weighted by Crippen LogP contribution is 2.54. The normalized spacial score (nSPS) is 44.8. The van der Waals surface area contributed by atoms with Gasteiger partial charge in [0, 0.05) is 24.9 Å². The Morgan fingerprint density at radius 1 is 1.19 bits per heavy atom. The summed E-state index contributed by atoms with van der Waals surface area (Å²) in [5.41, 5.74) is 0. The fourth-order valence-corrected chi connectivity index (χ4v) is 4.01. The van der Waals surface area contributed by atoms with E-state index in [1.807, 2.05) is 11.9 Å². The molecule has 3 aliphatic carbocycles. The molecule has 0 spiro atoms. The van der Waals surface area contributed by atoms with Crippen LogP contribution in [-0.2, 0) is 4.79 Å². The molecule has 0 aromatic heterocycles. The summed E-state index contributed by atoms with van der Waals surface area (Å²) < 4.78 is 0. The monoisotopic (exact) mass is 241 g/mol. The second-order valence-corrected chi connectivity index (χ2v) is 6.69. The van der Waals surface area contributed by atoms with Crippen LogP contribution in [0.3, 0.4) is 0 Å². The van der Waals surface area contributed by atoms with Crippen molar-refractivity contribution in [2.75, 3.05) is 13.6 Å². The van der Waals surface area contributed by atoms with Crippen LogP contribution in [0, 0.1) is 23.7 Å². The van der Waals surface area contributed by atoms with Gasteiger partial charge in [-0.2, -0.15) is 0 Å². The smallest absolute Gasteiger partial charge is 0.225 e. The van der Waals surface area contributed by atoms with Crippen molar-refractivity contribution in [2.45, 2.75) is 37.5 Å². The summed E-state index contributed by atoms with van der Waals surface area (Å²) in [6.07, 6.45) is 5.90. The first kappa shape index (κ1) is 10.9. The largest absolute Gasteiger partial charge is 0.345 e. The van der Waals surface area contributed by atoms with Gasteiger partial charge in [0.1, 0.15) is 0 Å². The van der Waals surface area contributed by atoms with E-state index in [0.29, 0.717) is 23.1 Å². The number of carbonyl (C=O) groups excluding carboxylic acids is 1. The van der Waals surface area contributed by atoms with Crippen molar-refractivity contribution in [3.8, 4) is 0 Å². The molecule has 0 aliphatic heterocycles. The van der Waals surface area contributed by atoms with Gasteiger partial charge in [0.25, 0.3) is 0 Å². The Kier molecular flexibility index (Phi) is 2.66. The Morgan fingerprint density at radius 2 is 1.81 bits per heavy atom. The molecule has 2 atom stereocenters. The van der Waals surface area contributed by atoms with Gasteiger partial charge in [-0.1, -0.05) is 0 Å². The highest BCUT2D eigenvalue weighted by molar-refractivity contribution is 6.21. The Hall–Kier alpha value is -0.240. The third kappa shape index (κ3) is 1.97. The average Bonchev–Trinajstić information content (AvgIpc) is 2.82. The molecule has 1 amide bonds. The lowest BCUT2D eigenvalue weighted by Gasteiger charge is -2.35. The third-order valence-corrected chi connectivity index (χ3v) is 5.04. The summed E-state index contributed by atoms with van der Waals surface area (Å²) in [5.74, 6) is 3.20. The van der Waals surface area contributed by atoms with Crippen molar-refractivity contribution in [1.29, 1.82) is 0 Å². The zero-order chi connectivity index (χ0) is 11.3. The summed E-state index contributed by atoms with van der Waals surface area (Å²) in [6.45, 7) is 0.924. The Labute approximate surface area is 102 Å². The van der Waals surface area contributed by atoms with Crippen LogP contribution in [-0.4, -0.2) is 29.8 Å². The first-order valence-electron chi connectivity index (χ1n) is 6.52. The van der Waals surface area contributed by atoms with Crippen molar-refractivity contribution in [1.82, 2.24) is 4.90 Å². The molecule has 2 nitrogen and oxygen atoms in total. The fourth-order valence-electron chi connectivity index (χ4n) is 3.51. The van der Waals surface area contributed by atoms with Gasteiger partial charge in [-0.05, 0) is 49.9 Å². The Bertz CT molecular complexity index is 290. The number of halogens is 1. The van der Waals surface area contributed by atoms with Crippen molar-refractivity contribution in [2.24, 2.45) is 23.7 Å². The molecule has 0 saturated heterocycles. The predicted octanol–water partition coefficient (Wildman–Crippen LogP) is 2.51. The summed E-state index contributed by atoms with van der Waals surface area (Å²) >= 11 is 5.96. The molecule has 3 rings (SSSR count). The SMILES string of the molecule is CN(CC1CC(Cl)C1)C(=O)C1CC2CC2C1. The van der Waals surface area contributed by atoms with Gasteiger partial charge < -0.3 is 4.90 Å². The van der Waals surface area contributed by atoms with E-state index in [9.17, 15) is 4.79 Å². The van der Waals surface area contributed by atoms with Crippen molar-refractivity contribution in [3.63, 3.8) is 0 Å². The first-order chi connectivity index (χ1) is 7.63. The van der Waals surface area contributed by atoms with E-state index >= 15 is 0 Å². The van der Waals surface area contributed by atoms with Gasteiger partial charge in [0.2, 0.25) is 5.91 Å². The van der Waals surface area contributed by atoms with Gasteiger partial charge in [-0.25, -0.2) is 0 Å². The lowest BCUT2D eigenvalue weighted by Crippen LogP contribution is -2.40. The molecular formula is C13H20ClNO. The average molecular weight is 242 g/mol. The standard InChI is InChI=1S/C13H20ClNO/c1-15(7-8-2-12(14)3-8)13(16)11-5-9-4-10(9)6-11/h8-12H,2-7H2,1H3. The van der Waals surface area contributed by atoms with Crippen molar-refractivity contribution in [3.05, 3.63) is 0 Å². The number of hydrogen-bond donors (Lipinski definition) is 0. The molecule has 0 N–H and O–H groups in total. The van der Waals surface area contributed by atoms with Crippen LogP contribution < -0.4 is 0 Å². The third-order valence-electron chi connectivity index (χ3n) is 4.68. The summed E-state index contributed by atoms with van der Waals surface area (Å²) in [7, 11) is 1.97. The van der Waals surface area contributed by atoms with Gasteiger partial charge >= 0.3 is 0 Å². The number of amides is 1. The number of alkyl halides is 1. The molecular weight excluding hydrogens is 222 g/mol. The van der Waals surface area contributed by atoms with Crippen LogP contribution in [0.15, 0.2) is 0 Å². The lowest BCUT2D eigenvalue weighted by atomic mass is 9.84. The van der Waals surface area contributed by atoms with E-state index in [2.05, 4.69) is 0 Å². The molecule has 3 heteroatoms. The molecule has 0 heterocycles. The van der Waals surface area contributed by atoms with E-state index in [4.69, 9.17) is 11.6 Å². The fraction of sp³-hybridized carbons (Fsp3) is 0.923. The molecule has 3 fully saturated rings. The molecule has 90 valence electrons. The summed E-state index contributed by atoms with van der Waals surface area (Å²) in [5, 5.41) is 0.368. The number of rotatable bonds is 3. The minimum absolute atomic E-state index is 0.348. The zero-order valence-electron chi connectivity index (χ0n) is 9.86. The van der Waals surface area contributed by atoms with E-state index in [0.717, 1.165) is 44.1 Å². The predicted molar refractivity (Wildman–Crippen MR) is 64.3 cm³/mol. The van der Waals surface area contributed by atoms with E-state index < -0.39 is 0 Å². The molecule has 2 unspecified atom stereocenters. The Balaban J connectivity index is 1.46. The molecule has 16 heavy (non-hydrogen) atoms. The van der Waals surface area contributed by atoms with Gasteiger partial charge in [0.05, 0.1) is 0 Å². The number of fused-ring (bicyclic) bond motifs is 1. The van der Waals surface area contributed by atoms with Gasteiger partial charge in [0.15, 0.2) is 0 Å². The summed E-state index contributed by atoms with van der Waals surface area (Å²) in [6, 6.07) is 0.